The summed E-state index contributed by atoms with van der Waals surface area (Å²) in [6.07, 6.45) is 1.99. The quantitative estimate of drug-likeness (QED) is 0.746. The molecule has 5 heteroatoms. The molecule has 0 radical (unpaired) electrons. The minimum absolute atomic E-state index is 0.281. The summed E-state index contributed by atoms with van der Waals surface area (Å²) < 4.78 is 44.1. The molecule has 0 atom stereocenters. The molecule has 0 aliphatic rings. The molecule has 0 bridgehead atoms. The van der Waals surface area contributed by atoms with Crippen LogP contribution in [0.3, 0.4) is 0 Å². The van der Waals surface area contributed by atoms with Crippen molar-refractivity contribution in [2.75, 3.05) is 25.1 Å². The second kappa shape index (κ2) is 7.17. The van der Waals surface area contributed by atoms with Gasteiger partial charge in [0.1, 0.15) is 11.5 Å². The normalized spacial score (nSPS) is 10.6. The van der Waals surface area contributed by atoms with Crippen LogP contribution in [0.4, 0.5) is 18.9 Å². The fourth-order valence-corrected chi connectivity index (χ4v) is 1.31. The summed E-state index contributed by atoms with van der Waals surface area (Å²) in [6, 6.07) is 1.28. The molecule has 0 aromatic heterocycles. The Morgan fingerprint density at radius 3 is 2.35 bits per heavy atom. The topological polar surface area (TPSA) is 21.3 Å². The van der Waals surface area contributed by atoms with Crippen LogP contribution >= 0.6 is 0 Å². The predicted octanol–water partition coefficient (Wildman–Crippen LogP) is 3.33. The van der Waals surface area contributed by atoms with Crippen LogP contribution in [0, 0.1) is 17.5 Å². The molecule has 0 fully saturated rings. The van der Waals surface area contributed by atoms with Crippen molar-refractivity contribution < 1.29 is 17.9 Å². The average molecular weight is 247 g/mol. The zero-order valence-electron chi connectivity index (χ0n) is 9.73. The lowest BCUT2D eigenvalue weighted by Crippen LogP contribution is -2.12. The third kappa shape index (κ3) is 4.65. The Balaban J connectivity index is 2.36. The van der Waals surface area contributed by atoms with Crippen molar-refractivity contribution >= 4 is 5.69 Å². The first kappa shape index (κ1) is 13.8. The fraction of sp³-hybridized carbons (Fsp3) is 0.500. The molecule has 0 amide bonds. The van der Waals surface area contributed by atoms with Gasteiger partial charge in [-0.05, 0) is 6.42 Å². The van der Waals surface area contributed by atoms with E-state index in [1.54, 1.807) is 0 Å². The highest BCUT2D eigenvalue weighted by molar-refractivity contribution is 5.46. The zero-order valence-corrected chi connectivity index (χ0v) is 9.73. The Bertz CT molecular complexity index is 335. The van der Waals surface area contributed by atoms with Crippen LogP contribution in [0.2, 0.25) is 0 Å². The standard InChI is InChI=1S/C12H16F3NO/c1-2-3-5-17-6-4-16-12-10(14)7-9(13)8-11(12)15/h7-8,16H,2-6H2,1H3. The molecule has 1 rings (SSSR count). The third-order valence-corrected chi connectivity index (χ3v) is 2.20. The molecule has 0 spiro atoms. The van der Waals surface area contributed by atoms with E-state index in [0.29, 0.717) is 25.3 Å². The largest absolute Gasteiger partial charge is 0.380 e. The first-order valence-corrected chi connectivity index (χ1v) is 5.61. The minimum Gasteiger partial charge on any atom is -0.380 e. The van der Waals surface area contributed by atoms with Crippen molar-refractivity contribution in [2.24, 2.45) is 0 Å². The van der Waals surface area contributed by atoms with Crippen molar-refractivity contribution in [1.29, 1.82) is 0 Å². The van der Waals surface area contributed by atoms with Crippen molar-refractivity contribution in [1.82, 2.24) is 0 Å². The SMILES string of the molecule is CCCCOCCNc1c(F)cc(F)cc1F. The number of halogens is 3. The zero-order chi connectivity index (χ0) is 12.7. The van der Waals surface area contributed by atoms with Gasteiger partial charge in [0.2, 0.25) is 0 Å². The van der Waals surface area contributed by atoms with Crippen LogP contribution in [-0.2, 0) is 4.74 Å². The van der Waals surface area contributed by atoms with Crippen LogP contribution in [0.1, 0.15) is 19.8 Å². The van der Waals surface area contributed by atoms with E-state index in [0.717, 1.165) is 12.8 Å². The lowest BCUT2D eigenvalue weighted by molar-refractivity contribution is 0.141. The van der Waals surface area contributed by atoms with Gasteiger partial charge >= 0.3 is 0 Å². The molecular formula is C12H16F3NO. The van der Waals surface area contributed by atoms with E-state index in [4.69, 9.17) is 4.74 Å². The first-order valence-electron chi connectivity index (χ1n) is 5.61. The van der Waals surface area contributed by atoms with Gasteiger partial charge in [-0.15, -0.1) is 0 Å². The van der Waals surface area contributed by atoms with E-state index >= 15 is 0 Å². The molecule has 0 aliphatic carbocycles. The molecule has 0 saturated carbocycles. The number of rotatable bonds is 7. The summed E-state index contributed by atoms with van der Waals surface area (Å²) in [6.45, 7) is 3.32. The molecule has 2 nitrogen and oxygen atoms in total. The van der Waals surface area contributed by atoms with Crippen LogP contribution < -0.4 is 5.32 Å². The van der Waals surface area contributed by atoms with Crippen LogP contribution in [-0.4, -0.2) is 19.8 Å². The maximum atomic E-state index is 13.2. The number of ether oxygens (including phenoxy) is 1. The summed E-state index contributed by atoms with van der Waals surface area (Å²) in [4.78, 5) is 0. The lowest BCUT2D eigenvalue weighted by Gasteiger charge is -2.09. The summed E-state index contributed by atoms with van der Waals surface area (Å²) in [5, 5.41) is 2.54. The molecule has 0 aliphatic heterocycles. The van der Waals surface area contributed by atoms with Crippen molar-refractivity contribution in [2.45, 2.75) is 19.8 Å². The molecule has 1 aromatic rings. The number of anilines is 1. The summed E-state index contributed by atoms with van der Waals surface area (Å²) in [5.74, 6) is -2.79. The van der Waals surface area contributed by atoms with E-state index in [2.05, 4.69) is 5.32 Å². The van der Waals surface area contributed by atoms with E-state index in [-0.39, 0.29) is 12.2 Å². The van der Waals surface area contributed by atoms with Crippen molar-refractivity contribution in [3.05, 3.63) is 29.6 Å². The van der Waals surface area contributed by atoms with Crippen LogP contribution in [0.25, 0.3) is 0 Å². The second-order valence-corrected chi connectivity index (χ2v) is 3.64. The lowest BCUT2D eigenvalue weighted by atomic mass is 10.3. The Morgan fingerprint density at radius 2 is 1.76 bits per heavy atom. The minimum atomic E-state index is -0.934. The smallest absolute Gasteiger partial charge is 0.152 e. The van der Waals surface area contributed by atoms with Gasteiger partial charge in [0.15, 0.2) is 11.6 Å². The predicted molar refractivity (Wildman–Crippen MR) is 60.5 cm³/mol. The number of hydrogen-bond donors (Lipinski definition) is 1. The van der Waals surface area contributed by atoms with E-state index < -0.39 is 17.5 Å². The second-order valence-electron chi connectivity index (χ2n) is 3.64. The maximum Gasteiger partial charge on any atom is 0.152 e. The molecule has 1 aromatic carbocycles. The molecule has 17 heavy (non-hydrogen) atoms. The van der Waals surface area contributed by atoms with Gasteiger partial charge in [-0.3, -0.25) is 0 Å². The maximum absolute atomic E-state index is 13.2. The number of unbranched alkanes of at least 4 members (excludes halogenated alkanes) is 1. The molecule has 96 valence electrons. The highest BCUT2D eigenvalue weighted by atomic mass is 19.1. The molecule has 0 heterocycles. The van der Waals surface area contributed by atoms with Crippen LogP contribution in [0.5, 0.6) is 0 Å². The molecule has 0 unspecified atom stereocenters. The van der Waals surface area contributed by atoms with Crippen molar-refractivity contribution in [3.63, 3.8) is 0 Å². The average Bonchev–Trinajstić information content (AvgIpc) is 2.26. The Kier molecular flexibility index (Phi) is 5.83. The highest BCUT2D eigenvalue weighted by Crippen LogP contribution is 2.19. The Hall–Kier alpha value is -1.23. The van der Waals surface area contributed by atoms with E-state index in [9.17, 15) is 13.2 Å². The van der Waals surface area contributed by atoms with Gasteiger partial charge in [-0.2, -0.15) is 0 Å². The number of nitrogens with one attached hydrogen (secondary N) is 1. The van der Waals surface area contributed by atoms with Gasteiger partial charge in [-0.25, -0.2) is 13.2 Å². The fourth-order valence-electron chi connectivity index (χ4n) is 1.31. The first-order chi connectivity index (χ1) is 8.15. The molecule has 0 saturated heterocycles. The molecule has 1 N–H and O–H groups in total. The third-order valence-electron chi connectivity index (χ3n) is 2.20. The number of benzene rings is 1. The van der Waals surface area contributed by atoms with E-state index in [1.807, 2.05) is 6.92 Å². The van der Waals surface area contributed by atoms with Gasteiger partial charge < -0.3 is 10.1 Å². The van der Waals surface area contributed by atoms with Crippen LogP contribution in [0.15, 0.2) is 12.1 Å². The molecular weight excluding hydrogens is 231 g/mol. The summed E-state index contributed by atoms with van der Waals surface area (Å²) in [5.41, 5.74) is -0.314. The monoisotopic (exact) mass is 247 g/mol. The Morgan fingerprint density at radius 1 is 1.12 bits per heavy atom. The number of hydrogen-bond acceptors (Lipinski definition) is 2. The van der Waals surface area contributed by atoms with Gasteiger partial charge in [0, 0.05) is 25.3 Å². The van der Waals surface area contributed by atoms with E-state index in [1.165, 1.54) is 0 Å². The van der Waals surface area contributed by atoms with Gasteiger partial charge in [-0.1, -0.05) is 13.3 Å². The van der Waals surface area contributed by atoms with Crippen molar-refractivity contribution in [3.8, 4) is 0 Å². The summed E-state index contributed by atoms with van der Waals surface area (Å²) in [7, 11) is 0. The Labute approximate surface area is 98.8 Å². The van der Waals surface area contributed by atoms with Gasteiger partial charge in [0.25, 0.3) is 0 Å². The van der Waals surface area contributed by atoms with Gasteiger partial charge in [0.05, 0.1) is 6.61 Å². The summed E-state index contributed by atoms with van der Waals surface area (Å²) >= 11 is 0. The highest BCUT2D eigenvalue weighted by Gasteiger charge is 2.10.